The fraction of sp³-hybridized carbons (Fsp3) is 0.636. The van der Waals surface area contributed by atoms with Crippen molar-refractivity contribution in [2.75, 3.05) is 31.1 Å². The highest BCUT2D eigenvalue weighted by atomic mass is 32.2. The molecule has 1 amide bonds. The molecule has 0 aromatic carbocycles. The molecule has 0 saturated carbocycles. The van der Waals surface area contributed by atoms with Crippen molar-refractivity contribution >= 4 is 27.1 Å². The molecule has 106 valence electrons. The van der Waals surface area contributed by atoms with Crippen molar-refractivity contribution in [1.29, 1.82) is 0 Å². The highest BCUT2D eigenvalue weighted by Crippen LogP contribution is 2.14. The summed E-state index contributed by atoms with van der Waals surface area (Å²) in [6.45, 7) is 1.23. The van der Waals surface area contributed by atoms with Gasteiger partial charge in [0, 0.05) is 24.9 Å². The molecule has 2 heterocycles. The van der Waals surface area contributed by atoms with E-state index in [9.17, 15) is 13.2 Å². The molecule has 8 heteroatoms. The zero-order valence-electron chi connectivity index (χ0n) is 10.5. The SMILES string of the molecule is NCCc1nc(C(=O)N2CCCS(=O)(=O)CC2)cs1. The third-order valence-electron chi connectivity index (χ3n) is 2.97. The summed E-state index contributed by atoms with van der Waals surface area (Å²) in [4.78, 5) is 18.0. The average Bonchev–Trinajstić information content (AvgIpc) is 2.74. The molecular formula is C11H17N3O3S2. The molecule has 1 saturated heterocycles. The summed E-state index contributed by atoms with van der Waals surface area (Å²) in [6.07, 6.45) is 1.15. The molecule has 0 atom stereocenters. The lowest BCUT2D eigenvalue weighted by Gasteiger charge is -2.18. The van der Waals surface area contributed by atoms with Crippen molar-refractivity contribution in [1.82, 2.24) is 9.88 Å². The van der Waals surface area contributed by atoms with Crippen LogP contribution in [0.5, 0.6) is 0 Å². The summed E-state index contributed by atoms with van der Waals surface area (Å²) in [5, 5.41) is 2.56. The molecular weight excluding hydrogens is 286 g/mol. The molecule has 1 aliphatic rings. The Balaban J connectivity index is 2.06. The Hall–Kier alpha value is -0.990. The summed E-state index contributed by atoms with van der Waals surface area (Å²) in [7, 11) is -3.00. The van der Waals surface area contributed by atoms with E-state index in [1.165, 1.54) is 11.3 Å². The molecule has 0 unspecified atom stereocenters. The van der Waals surface area contributed by atoms with Crippen molar-refractivity contribution in [2.45, 2.75) is 12.8 Å². The lowest BCUT2D eigenvalue weighted by Crippen LogP contribution is -2.33. The first-order chi connectivity index (χ1) is 9.02. The van der Waals surface area contributed by atoms with E-state index in [-0.39, 0.29) is 24.0 Å². The maximum atomic E-state index is 12.2. The third-order valence-corrected chi connectivity index (χ3v) is 5.60. The molecule has 0 radical (unpaired) electrons. The van der Waals surface area contributed by atoms with Crippen molar-refractivity contribution in [3.8, 4) is 0 Å². The van der Waals surface area contributed by atoms with Crippen molar-refractivity contribution < 1.29 is 13.2 Å². The van der Waals surface area contributed by atoms with Crippen LogP contribution in [0.25, 0.3) is 0 Å². The van der Waals surface area contributed by atoms with Gasteiger partial charge in [-0.1, -0.05) is 0 Å². The van der Waals surface area contributed by atoms with Gasteiger partial charge in [0.1, 0.15) is 5.69 Å². The molecule has 1 aromatic rings. The number of amides is 1. The summed E-state index contributed by atoms with van der Waals surface area (Å²) >= 11 is 1.41. The second kappa shape index (κ2) is 5.98. The highest BCUT2D eigenvalue weighted by molar-refractivity contribution is 7.91. The van der Waals surface area contributed by atoms with Crippen LogP contribution >= 0.6 is 11.3 Å². The topological polar surface area (TPSA) is 93.4 Å². The molecule has 0 aliphatic carbocycles. The van der Waals surface area contributed by atoms with E-state index in [1.54, 1.807) is 10.3 Å². The van der Waals surface area contributed by atoms with Gasteiger partial charge in [-0.05, 0) is 13.0 Å². The number of hydrogen-bond donors (Lipinski definition) is 1. The largest absolute Gasteiger partial charge is 0.336 e. The Bertz CT molecular complexity index is 553. The Kier molecular flexibility index (Phi) is 4.54. The van der Waals surface area contributed by atoms with E-state index < -0.39 is 9.84 Å². The van der Waals surface area contributed by atoms with Crippen LogP contribution in [0.2, 0.25) is 0 Å². The minimum Gasteiger partial charge on any atom is -0.336 e. The minimum atomic E-state index is -3.00. The summed E-state index contributed by atoms with van der Waals surface area (Å²) < 4.78 is 23.0. The van der Waals surface area contributed by atoms with E-state index in [0.29, 0.717) is 31.6 Å². The van der Waals surface area contributed by atoms with Crippen molar-refractivity contribution in [3.63, 3.8) is 0 Å². The maximum absolute atomic E-state index is 12.2. The number of aromatic nitrogens is 1. The number of carbonyl (C=O) groups excluding carboxylic acids is 1. The van der Waals surface area contributed by atoms with Gasteiger partial charge in [0.25, 0.3) is 5.91 Å². The number of nitrogens with two attached hydrogens (primary N) is 1. The minimum absolute atomic E-state index is 0.0402. The maximum Gasteiger partial charge on any atom is 0.273 e. The van der Waals surface area contributed by atoms with Gasteiger partial charge in [0.2, 0.25) is 0 Å². The van der Waals surface area contributed by atoms with E-state index in [1.807, 2.05) is 0 Å². The van der Waals surface area contributed by atoms with Crippen LogP contribution < -0.4 is 5.73 Å². The van der Waals surface area contributed by atoms with Crippen LogP contribution in [0.15, 0.2) is 5.38 Å². The zero-order chi connectivity index (χ0) is 13.9. The quantitative estimate of drug-likeness (QED) is 0.842. The molecule has 1 fully saturated rings. The van der Waals surface area contributed by atoms with Crippen LogP contribution in [0.3, 0.4) is 0 Å². The van der Waals surface area contributed by atoms with Gasteiger partial charge in [0.15, 0.2) is 9.84 Å². The second-order valence-corrected chi connectivity index (χ2v) is 7.71. The van der Waals surface area contributed by atoms with Gasteiger partial charge in [-0.2, -0.15) is 0 Å². The predicted molar refractivity (Wildman–Crippen MR) is 74.0 cm³/mol. The number of sulfone groups is 1. The zero-order valence-corrected chi connectivity index (χ0v) is 12.2. The fourth-order valence-corrected chi connectivity index (χ4v) is 4.01. The first kappa shape index (κ1) is 14.4. The molecule has 2 N–H and O–H groups in total. The number of hydrogen-bond acceptors (Lipinski definition) is 6. The standard InChI is InChI=1S/C11H17N3O3S2/c12-3-2-10-13-9(8-18-10)11(15)14-4-1-6-19(16,17)7-5-14/h8H,1-7,12H2. The van der Waals surface area contributed by atoms with Gasteiger partial charge >= 0.3 is 0 Å². The van der Waals surface area contributed by atoms with Crippen LogP contribution in [0.4, 0.5) is 0 Å². The van der Waals surface area contributed by atoms with Gasteiger partial charge in [-0.25, -0.2) is 13.4 Å². The molecule has 1 aliphatic heterocycles. The van der Waals surface area contributed by atoms with E-state index >= 15 is 0 Å². The lowest BCUT2D eigenvalue weighted by molar-refractivity contribution is 0.0763. The van der Waals surface area contributed by atoms with Gasteiger partial charge < -0.3 is 10.6 Å². The summed E-state index contributed by atoms with van der Waals surface area (Å²) in [6, 6.07) is 0. The lowest BCUT2D eigenvalue weighted by atomic mass is 10.3. The molecule has 0 bridgehead atoms. The Morgan fingerprint density at radius 1 is 1.42 bits per heavy atom. The first-order valence-corrected chi connectivity index (χ1v) is 8.86. The average molecular weight is 303 g/mol. The Labute approximate surface area is 116 Å². The number of nitrogens with zero attached hydrogens (tertiary/aromatic N) is 2. The fourth-order valence-electron chi connectivity index (χ4n) is 1.95. The van der Waals surface area contributed by atoms with Crippen LogP contribution in [-0.2, 0) is 16.3 Å². The van der Waals surface area contributed by atoms with Gasteiger partial charge in [-0.3, -0.25) is 4.79 Å². The predicted octanol–water partition coefficient (Wildman–Crippen LogP) is -0.0950. The van der Waals surface area contributed by atoms with Crippen molar-refractivity contribution in [2.24, 2.45) is 5.73 Å². The Morgan fingerprint density at radius 3 is 2.95 bits per heavy atom. The second-order valence-electron chi connectivity index (χ2n) is 4.46. The van der Waals surface area contributed by atoms with E-state index in [4.69, 9.17) is 5.73 Å². The number of rotatable bonds is 3. The summed E-state index contributed by atoms with van der Waals surface area (Å²) in [5.41, 5.74) is 5.84. The molecule has 0 spiro atoms. The van der Waals surface area contributed by atoms with E-state index in [2.05, 4.69) is 4.98 Å². The third kappa shape index (κ3) is 3.74. The monoisotopic (exact) mass is 303 g/mol. The van der Waals surface area contributed by atoms with E-state index in [0.717, 1.165) is 5.01 Å². The van der Waals surface area contributed by atoms with Gasteiger partial charge in [-0.15, -0.1) is 11.3 Å². The van der Waals surface area contributed by atoms with Gasteiger partial charge in [0.05, 0.1) is 16.5 Å². The Morgan fingerprint density at radius 2 is 2.21 bits per heavy atom. The van der Waals surface area contributed by atoms with Crippen LogP contribution in [-0.4, -0.2) is 55.3 Å². The molecule has 19 heavy (non-hydrogen) atoms. The number of thiazole rings is 1. The smallest absolute Gasteiger partial charge is 0.273 e. The molecule has 6 nitrogen and oxygen atoms in total. The van der Waals surface area contributed by atoms with Crippen LogP contribution in [0, 0.1) is 0 Å². The normalized spacial score (nSPS) is 19.1. The van der Waals surface area contributed by atoms with Crippen LogP contribution in [0.1, 0.15) is 21.9 Å². The molecule has 1 aromatic heterocycles. The molecule has 2 rings (SSSR count). The van der Waals surface area contributed by atoms with Crippen molar-refractivity contribution in [3.05, 3.63) is 16.1 Å². The summed E-state index contributed by atoms with van der Waals surface area (Å²) in [5.74, 6) is 0.0155. The highest BCUT2D eigenvalue weighted by Gasteiger charge is 2.24. The number of carbonyl (C=O) groups is 1. The first-order valence-electron chi connectivity index (χ1n) is 6.16.